The standard InChI is InChI=1S/C19H18BrClN4O3S/c20-15-6-7-17(16(21)12-15)29(26,27)25-10-8-24(9-11-25)13-18-22-19(23-28-18)14-4-2-1-3-5-14/h1-7,12H,8-11,13H2. The minimum Gasteiger partial charge on any atom is -0.338 e. The van der Waals surface area contributed by atoms with Crippen molar-refractivity contribution in [1.29, 1.82) is 0 Å². The van der Waals surface area contributed by atoms with E-state index in [-0.39, 0.29) is 9.92 Å². The number of nitrogens with zero attached hydrogens (tertiary/aromatic N) is 4. The first kappa shape index (κ1) is 20.5. The van der Waals surface area contributed by atoms with Crippen LogP contribution >= 0.6 is 27.5 Å². The molecule has 1 saturated heterocycles. The quantitative estimate of drug-likeness (QED) is 0.535. The third kappa shape index (κ3) is 4.54. The molecule has 1 aromatic heterocycles. The van der Waals surface area contributed by atoms with Gasteiger partial charge in [-0.2, -0.15) is 9.29 Å². The summed E-state index contributed by atoms with van der Waals surface area (Å²) in [6.07, 6.45) is 0. The van der Waals surface area contributed by atoms with E-state index in [4.69, 9.17) is 16.1 Å². The summed E-state index contributed by atoms with van der Waals surface area (Å²) < 4.78 is 33.4. The molecule has 1 aliphatic rings. The average Bonchev–Trinajstić information content (AvgIpc) is 3.17. The van der Waals surface area contributed by atoms with Crippen molar-refractivity contribution in [1.82, 2.24) is 19.3 Å². The van der Waals surface area contributed by atoms with Crippen molar-refractivity contribution in [2.24, 2.45) is 0 Å². The van der Waals surface area contributed by atoms with Crippen molar-refractivity contribution in [3.05, 3.63) is 63.9 Å². The van der Waals surface area contributed by atoms with Gasteiger partial charge in [-0.15, -0.1) is 0 Å². The van der Waals surface area contributed by atoms with Crippen LogP contribution < -0.4 is 0 Å². The number of piperazine rings is 1. The summed E-state index contributed by atoms with van der Waals surface area (Å²) in [5.41, 5.74) is 0.893. The molecule has 0 amide bonds. The van der Waals surface area contributed by atoms with E-state index in [1.165, 1.54) is 10.4 Å². The smallest absolute Gasteiger partial charge is 0.244 e. The van der Waals surface area contributed by atoms with Crippen LogP contribution in [0, 0.1) is 0 Å². The van der Waals surface area contributed by atoms with E-state index in [0.29, 0.717) is 44.4 Å². The monoisotopic (exact) mass is 496 g/mol. The Hall–Kier alpha value is -1.78. The second-order valence-corrected chi connectivity index (χ2v) is 9.86. The number of aromatic nitrogens is 2. The summed E-state index contributed by atoms with van der Waals surface area (Å²) in [7, 11) is -3.64. The summed E-state index contributed by atoms with van der Waals surface area (Å²) in [4.78, 5) is 6.66. The highest BCUT2D eigenvalue weighted by molar-refractivity contribution is 9.10. The van der Waals surface area contributed by atoms with Crippen molar-refractivity contribution in [2.75, 3.05) is 26.2 Å². The number of hydrogen-bond donors (Lipinski definition) is 0. The van der Waals surface area contributed by atoms with Crippen molar-refractivity contribution >= 4 is 37.6 Å². The molecule has 29 heavy (non-hydrogen) atoms. The van der Waals surface area contributed by atoms with Gasteiger partial charge in [-0.25, -0.2) is 8.42 Å². The van der Waals surface area contributed by atoms with Gasteiger partial charge < -0.3 is 4.52 Å². The van der Waals surface area contributed by atoms with Gasteiger partial charge in [0.2, 0.25) is 21.7 Å². The summed E-state index contributed by atoms with van der Waals surface area (Å²) in [5.74, 6) is 1.06. The van der Waals surface area contributed by atoms with Crippen LogP contribution in [0.4, 0.5) is 0 Å². The zero-order valence-corrected chi connectivity index (χ0v) is 18.5. The van der Waals surface area contributed by atoms with Gasteiger partial charge in [0, 0.05) is 36.2 Å². The molecule has 2 aromatic carbocycles. The Morgan fingerprint density at radius 3 is 2.48 bits per heavy atom. The average molecular weight is 498 g/mol. The first-order valence-corrected chi connectivity index (χ1v) is 11.6. The molecule has 7 nitrogen and oxygen atoms in total. The fourth-order valence-electron chi connectivity index (χ4n) is 3.17. The number of sulfonamides is 1. The lowest BCUT2D eigenvalue weighted by molar-refractivity contribution is 0.163. The van der Waals surface area contributed by atoms with E-state index in [9.17, 15) is 8.42 Å². The van der Waals surface area contributed by atoms with E-state index in [1.807, 2.05) is 30.3 Å². The van der Waals surface area contributed by atoms with Gasteiger partial charge in [0.1, 0.15) is 4.90 Å². The molecule has 0 N–H and O–H groups in total. The van der Waals surface area contributed by atoms with Gasteiger partial charge in [-0.1, -0.05) is 63.0 Å². The van der Waals surface area contributed by atoms with Crippen LogP contribution in [0.15, 0.2) is 62.4 Å². The maximum absolute atomic E-state index is 12.9. The van der Waals surface area contributed by atoms with Crippen LogP contribution in [-0.4, -0.2) is 53.9 Å². The number of halogens is 2. The third-order valence-electron chi connectivity index (χ3n) is 4.70. The van der Waals surface area contributed by atoms with E-state index in [0.717, 1.165) is 10.0 Å². The van der Waals surface area contributed by atoms with Crippen molar-refractivity contribution in [2.45, 2.75) is 11.4 Å². The summed E-state index contributed by atoms with van der Waals surface area (Å²) in [6, 6.07) is 14.4. The predicted octanol–water partition coefficient (Wildman–Crippen LogP) is 3.66. The van der Waals surface area contributed by atoms with Gasteiger partial charge in [0.05, 0.1) is 11.6 Å². The Kier molecular flexibility index (Phi) is 6.03. The molecule has 4 rings (SSSR count). The highest BCUT2D eigenvalue weighted by atomic mass is 79.9. The molecule has 0 radical (unpaired) electrons. The molecule has 1 aliphatic heterocycles. The van der Waals surface area contributed by atoms with Gasteiger partial charge in [0.15, 0.2) is 0 Å². The first-order valence-electron chi connectivity index (χ1n) is 8.99. The normalized spacial score (nSPS) is 16.2. The molecule has 0 unspecified atom stereocenters. The van der Waals surface area contributed by atoms with Gasteiger partial charge >= 0.3 is 0 Å². The Bertz CT molecular complexity index is 1100. The minimum absolute atomic E-state index is 0.125. The van der Waals surface area contributed by atoms with E-state index in [2.05, 4.69) is 31.0 Å². The Morgan fingerprint density at radius 1 is 1.07 bits per heavy atom. The Morgan fingerprint density at radius 2 is 1.79 bits per heavy atom. The molecule has 0 aliphatic carbocycles. The molecule has 0 bridgehead atoms. The van der Waals surface area contributed by atoms with Crippen LogP contribution in [0.25, 0.3) is 11.4 Å². The summed E-state index contributed by atoms with van der Waals surface area (Å²) in [6.45, 7) is 2.35. The molecule has 0 saturated carbocycles. The maximum Gasteiger partial charge on any atom is 0.244 e. The van der Waals surface area contributed by atoms with Crippen molar-refractivity contribution < 1.29 is 12.9 Å². The molecule has 2 heterocycles. The fraction of sp³-hybridized carbons (Fsp3) is 0.263. The van der Waals surface area contributed by atoms with Gasteiger partial charge in [-0.05, 0) is 18.2 Å². The SMILES string of the molecule is O=S(=O)(c1ccc(Br)cc1Cl)N1CCN(Cc2nc(-c3ccccc3)no2)CC1. The Labute approximate surface area is 182 Å². The zero-order valence-electron chi connectivity index (χ0n) is 15.3. The van der Waals surface area contributed by atoms with Crippen LogP contribution in [0.5, 0.6) is 0 Å². The topological polar surface area (TPSA) is 79.5 Å². The van der Waals surface area contributed by atoms with Gasteiger partial charge in [-0.3, -0.25) is 4.90 Å². The van der Waals surface area contributed by atoms with Crippen LogP contribution in [0.3, 0.4) is 0 Å². The predicted molar refractivity (Wildman–Crippen MR) is 113 cm³/mol. The molecule has 1 fully saturated rings. The lowest BCUT2D eigenvalue weighted by Crippen LogP contribution is -2.48. The third-order valence-corrected chi connectivity index (χ3v) is 7.58. The van der Waals surface area contributed by atoms with Crippen LogP contribution in [0.1, 0.15) is 5.89 Å². The number of hydrogen-bond acceptors (Lipinski definition) is 6. The molecule has 10 heteroatoms. The van der Waals surface area contributed by atoms with Gasteiger partial charge in [0.25, 0.3) is 0 Å². The summed E-state index contributed by atoms with van der Waals surface area (Å²) >= 11 is 9.44. The molecule has 0 atom stereocenters. The highest BCUT2D eigenvalue weighted by Crippen LogP contribution is 2.28. The van der Waals surface area contributed by atoms with Crippen molar-refractivity contribution in [3.63, 3.8) is 0 Å². The fourth-order valence-corrected chi connectivity index (χ4v) is 5.60. The highest BCUT2D eigenvalue weighted by Gasteiger charge is 2.30. The second kappa shape index (κ2) is 8.53. The molecular formula is C19H18BrClN4O3S. The van der Waals surface area contributed by atoms with Crippen LogP contribution in [-0.2, 0) is 16.6 Å². The summed E-state index contributed by atoms with van der Waals surface area (Å²) in [5, 5.41) is 4.23. The zero-order chi connectivity index (χ0) is 20.4. The lowest BCUT2D eigenvalue weighted by atomic mass is 10.2. The van der Waals surface area contributed by atoms with E-state index < -0.39 is 10.0 Å². The molecule has 3 aromatic rings. The maximum atomic E-state index is 12.9. The second-order valence-electron chi connectivity index (χ2n) is 6.63. The number of benzene rings is 2. The molecule has 0 spiro atoms. The first-order chi connectivity index (χ1) is 13.9. The number of rotatable bonds is 5. The Balaban J connectivity index is 1.39. The minimum atomic E-state index is -3.64. The van der Waals surface area contributed by atoms with Crippen LogP contribution in [0.2, 0.25) is 5.02 Å². The molecule has 152 valence electrons. The van der Waals surface area contributed by atoms with E-state index in [1.54, 1.807) is 12.1 Å². The molecular weight excluding hydrogens is 480 g/mol. The largest absolute Gasteiger partial charge is 0.338 e. The van der Waals surface area contributed by atoms with Crippen molar-refractivity contribution in [3.8, 4) is 11.4 Å². The lowest BCUT2D eigenvalue weighted by Gasteiger charge is -2.33. The van der Waals surface area contributed by atoms with E-state index >= 15 is 0 Å².